The van der Waals surface area contributed by atoms with E-state index >= 15 is 0 Å². The summed E-state index contributed by atoms with van der Waals surface area (Å²) in [6.07, 6.45) is 3.35. The largest absolute Gasteiger partial charge is 0.493 e. The number of aromatic nitrogens is 1. The number of carbonyl (C=O) groups excluding carboxylic acids is 1. The number of carbonyl (C=O) groups is 1. The summed E-state index contributed by atoms with van der Waals surface area (Å²) in [7, 11) is 3.02. The molecule has 0 spiro atoms. The van der Waals surface area contributed by atoms with Crippen molar-refractivity contribution in [2.75, 3.05) is 20.0 Å². The number of anilines is 1. The molecule has 0 atom stereocenters. The lowest BCUT2D eigenvalue weighted by Gasteiger charge is -2.12. The summed E-state index contributed by atoms with van der Waals surface area (Å²) in [4.78, 5) is 16.1. The second kappa shape index (κ2) is 6.60. The highest BCUT2D eigenvalue weighted by Crippen LogP contribution is 2.31. The highest BCUT2D eigenvalue weighted by molar-refractivity contribution is 6.00. The van der Waals surface area contributed by atoms with Crippen LogP contribution in [0.3, 0.4) is 0 Å². The molecular weight excluding hydrogens is 270 g/mol. The lowest BCUT2D eigenvalue weighted by Crippen LogP contribution is -2.24. The molecule has 110 valence electrons. The summed E-state index contributed by atoms with van der Waals surface area (Å²) in [5.41, 5.74) is 7.52. The minimum absolute atomic E-state index is 0.273. The van der Waals surface area contributed by atoms with Gasteiger partial charge in [-0.1, -0.05) is 0 Å². The van der Waals surface area contributed by atoms with Gasteiger partial charge in [-0.3, -0.25) is 9.78 Å². The van der Waals surface area contributed by atoms with Crippen molar-refractivity contribution in [3.8, 4) is 11.5 Å². The van der Waals surface area contributed by atoms with Crippen molar-refractivity contribution in [2.24, 2.45) is 0 Å². The van der Waals surface area contributed by atoms with E-state index in [2.05, 4.69) is 10.3 Å². The van der Waals surface area contributed by atoms with Crippen LogP contribution in [0.4, 0.5) is 5.69 Å². The number of methoxy groups -OCH3 is 2. The average molecular weight is 287 g/mol. The predicted octanol–water partition coefficient (Wildman–Crippen LogP) is 1.61. The molecule has 0 unspecified atom stereocenters. The first kappa shape index (κ1) is 14.6. The van der Waals surface area contributed by atoms with Crippen LogP contribution in [0.15, 0.2) is 36.7 Å². The van der Waals surface area contributed by atoms with Gasteiger partial charge in [-0.25, -0.2) is 0 Å². The molecule has 2 rings (SSSR count). The molecule has 1 heterocycles. The minimum atomic E-state index is -0.273. The second-order valence-corrected chi connectivity index (χ2v) is 4.33. The van der Waals surface area contributed by atoms with Gasteiger partial charge in [0, 0.05) is 30.7 Å². The lowest BCUT2D eigenvalue weighted by atomic mass is 10.1. The van der Waals surface area contributed by atoms with E-state index in [-0.39, 0.29) is 5.91 Å². The minimum Gasteiger partial charge on any atom is -0.493 e. The van der Waals surface area contributed by atoms with Crippen LogP contribution in [0.5, 0.6) is 11.5 Å². The van der Waals surface area contributed by atoms with Crippen LogP contribution in [0, 0.1) is 0 Å². The molecule has 0 aliphatic rings. The monoisotopic (exact) mass is 287 g/mol. The topological polar surface area (TPSA) is 86.5 Å². The SMILES string of the molecule is COc1cc(N)c(C(=O)NCc2ccncc2)cc1OC. The molecule has 0 bridgehead atoms. The van der Waals surface area contributed by atoms with Crippen molar-refractivity contribution in [2.45, 2.75) is 6.54 Å². The second-order valence-electron chi connectivity index (χ2n) is 4.33. The van der Waals surface area contributed by atoms with E-state index in [4.69, 9.17) is 15.2 Å². The first-order valence-corrected chi connectivity index (χ1v) is 6.34. The van der Waals surface area contributed by atoms with E-state index in [1.54, 1.807) is 24.5 Å². The van der Waals surface area contributed by atoms with Gasteiger partial charge >= 0.3 is 0 Å². The normalized spacial score (nSPS) is 10.0. The van der Waals surface area contributed by atoms with Crippen molar-refractivity contribution < 1.29 is 14.3 Å². The van der Waals surface area contributed by atoms with Gasteiger partial charge < -0.3 is 20.5 Å². The predicted molar refractivity (Wildman–Crippen MR) is 79.4 cm³/mol. The number of nitrogens with zero attached hydrogens (tertiary/aromatic N) is 1. The van der Waals surface area contributed by atoms with E-state index in [0.29, 0.717) is 29.3 Å². The van der Waals surface area contributed by atoms with Gasteiger partial charge in [0.1, 0.15) is 0 Å². The maximum Gasteiger partial charge on any atom is 0.253 e. The maximum atomic E-state index is 12.2. The molecule has 0 aliphatic carbocycles. The molecule has 0 fully saturated rings. The fourth-order valence-electron chi connectivity index (χ4n) is 1.87. The summed E-state index contributed by atoms with van der Waals surface area (Å²) < 4.78 is 10.3. The van der Waals surface area contributed by atoms with Crippen LogP contribution >= 0.6 is 0 Å². The van der Waals surface area contributed by atoms with Crippen molar-refractivity contribution in [1.82, 2.24) is 10.3 Å². The van der Waals surface area contributed by atoms with Gasteiger partial charge in [0.2, 0.25) is 0 Å². The Morgan fingerprint density at radius 1 is 1.19 bits per heavy atom. The number of amides is 1. The molecule has 21 heavy (non-hydrogen) atoms. The Hall–Kier alpha value is -2.76. The van der Waals surface area contributed by atoms with E-state index in [9.17, 15) is 4.79 Å². The molecular formula is C15H17N3O3. The van der Waals surface area contributed by atoms with Gasteiger partial charge in [-0.2, -0.15) is 0 Å². The Morgan fingerprint density at radius 2 is 1.81 bits per heavy atom. The fourth-order valence-corrected chi connectivity index (χ4v) is 1.87. The van der Waals surface area contributed by atoms with Crippen LogP contribution in [-0.2, 0) is 6.54 Å². The summed E-state index contributed by atoms with van der Waals surface area (Å²) in [6.45, 7) is 0.398. The number of nitrogens with two attached hydrogens (primary N) is 1. The van der Waals surface area contributed by atoms with E-state index in [1.165, 1.54) is 14.2 Å². The molecule has 2 aromatic rings. The number of nitrogens with one attached hydrogen (secondary N) is 1. The molecule has 1 amide bonds. The smallest absolute Gasteiger partial charge is 0.253 e. The van der Waals surface area contributed by atoms with Crippen molar-refractivity contribution in [3.05, 3.63) is 47.8 Å². The number of pyridine rings is 1. The first-order chi connectivity index (χ1) is 10.2. The first-order valence-electron chi connectivity index (χ1n) is 6.34. The quantitative estimate of drug-likeness (QED) is 0.816. The molecule has 0 aliphatic heterocycles. The summed E-state index contributed by atoms with van der Waals surface area (Å²) in [5, 5.41) is 2.80. The van der Waals surface area contributed by atoms with Gasteiger partial charge in [0.25, 0.3) is 5.91 Å². The third-order valence-corrected chi connectivity index (χ3v) is 3.00. The molecule has 0 saturated heterocycles. The molecule has 6 nitrogen and oxygen atoms in total. The Bertz CT molecular complexity index is 630. The Labute approximate surface area is 122 Å². The number of hydrogen-bond acceptors (Lipinski definition) is 5. The maximum absolute atomic E-state index is 12.2. The van der Waals surface area contributed by atoms with E-state index in [1.807, 2.05) is 12.1 Å². The standard InChI is InChI=1S/C15H17N3O3/c1-20-13-7-11(12(16)8-14(13)21-2)15(19)18-9-10-3-5-17-6-4-10/h3-8H,9,16H2,1-2H3,(H,18,19). The van der Waals surface area contributed by atoms with Crippen LogP contribution in [0.25, 0.3) is 0 Å². The third kappa shape index (κ3) is 3.42. The number of nitrogen functional groups attached to an aromatic ring is 1. The number of benzene rings is 1. The zero-order valence-electron chi connectivity index (χ0n) is 11.9. The number of rotatable bonds is 5. The molecule has 6 heteroatoms. The molecule has 1 aromatic heterocycles. The van der Waals surface area contributed by atoms with E-state index in [0.717, 1.165) is 5.56 Å². The van der Waals surface area contributed by atoms with Crippen LogP contribution in [0.1, 0.15) is 15.9 Å². The van der Waals surface area contributed by atoms with Crippen LogP contribution < -0.4 is 20.5 Å². The molecule has 3 N–H and O–H groups in total. The van der Waals surface area contributed by atoms with Crippen LogP contribution in [-0.4, -0.2) is 25.1 Å². The summed E-state index contributed by atoms with van der Waals surface area (Å²) in [6, 6.07) is 6.80. The number of ether oxygens (including phenoxy) is 2. The van der Waals surface area contributed by atoms with Gasteiger partial charge in [-0.05, 0) is 23.8 Å². The van der Waals surface area contributed by atoms with Gasteiger partial charge in [0.05, 0.1) is 19.8 Å². The Balaban J connectivity index is 2.15. The van der Waals surface area contributed by atoms with Gasteiger partial charge in [-0.15, -0.1) is 0 Å². The molecule has 0 radical (unpaired) electrons. The highest BCUT2D eigenvalue weighted by atomic mass is 16.5. The molecule has 0 saturated carbocycles. The Morgan fingerprint density at radius 3 is 2.43 bits per heavy atom. The number of hydrogen-bond donors (Lipinski definition) is 2. The van der Waals surface area contributed by atoms with Gasteiger partial charge in [0.15, 0.2) is 11.5 Å². The summed E-state index contributed by atoms with van der Waals surface area (Å²) >= 11 is 0. The lowest BCUT2D eigenvalue weighted by molar-refractivity contribution is 0.0951. The van der Waals surface area contributed by atoms with Crippen molar-refractivity contribution >= 4 is 11.6 Å². The zero-order chi connectivity index (χ0) is 15.2. The molecule has 1 aromatic carbocycles. The highest BCUT2D eigenvalue weighted by Gasteiger charge is 2.15. The van der Waals surface area contributed by atoms with Crippen molar-refractivity contribution in [3.63, 3.8) is 0 Å². The average Bonchev–Trinajstić information content (AvgIpc) is 2.53. The zero-order valence-corrected chi connectivity index (χ0v) is 11.9. The van der Waals surface area contributed by atoms with Crippen LogP contribution in [0.2, 0.25) is 0 Å². The van der Waals surface area contributed by atoms with E-state index < -0.39 is 0 Å². The third-order valence-electron chi connectivity index (χ3n) is 3.00. The fraction of sp³-hybridized carbons (Fsp3) is 0.200. The summed E-state index contributed by atoms with van der Waals surface area (Å²) in [5.74, 6) is 0.673. The van der Waals surface area contributed by atoms with Crippen molar-refractivity contribution in [1.29, 1.82) is 0 Å². The Kier molecular flexibility index (Phi) is 4.61.